The van der Waals surface area contributed by atoms with Gasteiger partial charge in [0.15, 0.2) is 0 Å². The minimum atomic E-state index is -2.60. The average Bonchev–Trinajstić information content (AvgIpc) is 3.56. The summed E-state index contributed by atoms with van der Waals surface area (Å²) in [6.45, 7) is 0. The number of nitrogens with one attached hydrogen (secondary N) is 1. The van der Waals surface area contributed by atoms with Crippen LogP contribution in [0.15, 0.2) is 77.6 Å². The zero-order valence-electron chi connectivity index (χ0n) is 18.0. The van der Waals surface area contributed by atoms with Crippen molar-refractivity contribution in [2.24, 2.45) is 0 Å². The third-order valence-electron chi connectivity index (χ3n) is 6.11. The SMILES string of the molecule is N=S1(=O)CC[C@@H](n2cc(-c3ncnc4oc(-c5ccccc5)cc34)c(-c3ccc(F)cc3)n2)C1. The Morgan fingerprint density at radius 3 is 2.56 bits per heavy atom. The Morgan fingerprint density at radius 2 is 1.82 bits per heavy atom. The number of rotatable bonds is 4. The lowest BCUT2D eigenvalue weighted by Crippen LogP contribution is -2.11. The predicted molar refractivity (Wildman–Crippen MR) is 128 cm³/mol. The number of hydrogen-bond acceptors (Lipinski definition) is 6. The molecule has 5 aromatic rings. The van der Waals surface area contributed by atoms with E-state index in [9.17, 15) is 8.60 Å². The second-order valence-electron chi connectivity index (χ2n) is 8.42. The average molecular weight is 474 g/mol. The van der Waals surface area contributed by atoms with Crippen LogP contribution in [-0.4, -0.2) is 35.5 Å². The molecule has 1 aliphatic rings. The Kier molecular flexibility index (Phi) is 4.80. The molecule has 34 heavy (non-hydrogen) atoms. The number of hydrogen-bond donors (Lipinski definition) is 1. The van der Waals surface area contributed by atoms with Crippen LogP contribution in [0.3, 0.4) is 0 Å². The van der Waals surface area contributed by atoms with Gasteiger partial charge in [-0.2, -0.15) is 5.10 Å². The Morgan fingerprint density at radius 1 is 1.03 bits per heavy atom. The van der Waals surface area contributed by atoms with Crippen molar-refractivity contribution in [1.82, 2.24) is 19.7 Å². The summed E-state index contributed by atoms with van der Waals surface area (Å²) in [6.07, 6.45) is 3.95. The fraction of sp³-hybridized carbons (Fsp3) is 0.160. The first-order valence-electron chi connectivity index (χ1n) is 10.9. The standard InChI is InChI=1S/C25H20FN5O2S/c26-18-8-6-17(7-9-18)23-21(13-31(30-23)19-10-11-34(27,32)14-19)24-20-12-22(16-4-2-1-3-5-16)33-25(20)29-15-28-24/h1-9,12-13,15,19,27H,10-11,14H2/t19-,34?/m1/s1. The number of nitrogens with zero attached hydrogens (tertiary/aromatic N) is 4. The molecule has 1 aliphatic heterocycles. The van der Waals surface area contributed by atoms with Crippen LogP contribution in [0, 0.1) is 10.6 Å². The predicted octanol–water partition coefficient (Wildman–Crippen LogP) is 5.55. The molecule has 1 fully saturated rings. The van der Waals surface area contributed by atoms with Crippen molar-refractivity contribution in [1.29, 1.82) is 4.78 Å². The van der Waals surface area contributed by atoms with E-state index in [0.29, 0.717) is 35.0 Å². The van der Waals surface area contributed by atoms with Gasteiger partial charge in [-0.3, -0.25) is 9.46 Å². The molecule has 0 bridgehead atoms. The molecule has 1 unspecified atom stereocenters. The van der Waals surface area contributed by atoms with Gasteiger partial charge in [-0.25, -0.2) is 18.6 Å². The summed E-state index contributed by atoms with van der Waals surface area (Å²) in [6, 6.07) is 17.7. The van der Waals surface area contributed by atoms with Gasteiger partial charge in [0.2, 0.25) is 5.71 Å². The summed E-state index contributed by atoms with van der Waals surface area (Å²) >= 11 is 0. The van der Waals surface area contributed by atoms with Gasteiger partial charge in [0.05, 0.1) is 22.9 Å². The molecule has 2 aromatic carbocycles. The molecule has 0 saturated carbocycles. The Hall–Kier alpha value is -3.85. The quantitative estimate of drug-likeness (QED) is 0.369. The van der Waals surface area contributed by atoms with Crippen molar-refractivity contribution in [3.05, 3.63) is 79.0 Å². The molecule has 0 amide bonds. The van der Waals surface area contributed by atoms with Crippen LogP contribution in [-0.2, 0) is 9.73 Å². The van der Waals surface area contributed by atoms with Gasteiger partial charge < -0.3 is 4.42 Å². The van der Waals surface area contributed by atoms with Gasteiger partial charge >= 0.3 is 0 Å². The highest BCUT2D eigenvalue weighted by molar-refractivity contribution is 7.92. The first-order chi connectivity index (χ1) is 16.5. The van der Waals surface area contributed by atoms with Gasteiger partial charge in [0.1, 0.15) is 23.6 Å². The third-order valence-corrected chi connectivity index (χ3v) is 7.93. The molecular weight excluding hydrogens is 453 g/mol. The monoisotopic (exact) mass is 473 g/mol. The number of aromatic nitrogens is 4. The van der Waals surface area contributed by atoms with Crippen molar-refractivity contribution in [3.8, 4) is 33.8 Å². The molecule has 1 N–H and O–H groups in total. The van der Waals surface area contributed by atoms with Crippen LogP contribution in [0.4, 0.5) is 4.39 Å². The summed E-state index contributed by atoms with van der Waals surface area (Å²) in [5, 5.41) is 5.54. The smallest absolute Gasteiger partial charge is 0.230 e. The first kappa shape index (κ1) is 20.7. The van der Waals surface area contributed by atoms with E-state index in [-0.39, 0.29) is 17.6 Å². The second kappa shape index (κ2) is 7.88. The van der Waals surface area contributed by atoms with E-state index >= 15 is 0 Å². The molecule has 0 spiro atoms. The van der Waals surface area contributed by atoms with E-state index in [1.807, 2.05) is 42.6 Å². The lowest BCUT2D eigenvalue weighted by Gasteiger charge is -2.08. The Bertz CT molecular complexity index is 1610. The van der Waals surface area contributed by atoms with E-state index in [1.54, 1.807) is 16.8 Å². The highest BCUT2D eigenvalue weighted by Crippen LogP contribution is 2.38. The maximum absolute atomic E-state index is 13.6. The van der Waals surface area contributed by atoms with E-state index < -0.39 is 9.73 Å². The minimum absolute atomic E-state index is 0.139. The molecule has 3 aromatic heterocycles. The van der Waals surface area contributed by atoms with E-state index in [2.05, 4.69) is 9.97 Å². The second-order valence-corrected chi connectivity index (χ2v) is 10.8. The van der Waals surface area contributed by atoms with Gasteiger partial charge in [-0.15, -0.1) is 0 Å². The molecule has 6 rings (SSSR count). The molecule has 7 nitrogen and oxygen atoms in total. The van der Waals surface area contributed by atoms with Crippen LogP contribution in [0.2, 0.25) is 0 Å². The summed E-state index contributed by atoms with van der Waals surface area (Å²) in [4.78, 5) is 8.88. The topological polar surface area (TPSA) is 97.7 Å². The number of furan rings is 1. The minimum Gasteiger partial charge on any atom is -0.438 e. The summed E-state index contributed by atoms with van der Waals surface area (Å²) in [5.74, 6) is 0.970. The first-order valence-corrected chi connectivity index (χ1v) is 12.8. The van der Waals surface area contributed by atoms with Crippen molar-refractivity contribution < 1.29 is 13.0 Å². The fourth-order valence-corrected chi connectivity index (χ4v) is 6.16. The third kappa shape index (κ3) is 3.67. The van der Waals surface area contributed by atoms with Crippen molar-refractivity contribution in [2.75, 3.05) is 11.5 Å². The van der Waals surface area contributed by atoms with Crippen LogP contribution in [0.25, 0.3) is 44.9 Å². The van der Waals surface area contributed by atoms with E-state index in [1.165, 1.54) is 18.5 Å². The van der Waals surface area contributed by atoms with Crippen molar-refractivity contribution in [2.45, 2.75) is 12.5 Å². The highest BCUT2D eigenvalue weighted by atomic mass is 32.2. The highest BCUT2D eigenvalue weighted by Gasteiger charge is 2.29. The molecule has 1 saturated heterocycles. The van der Waals surface area contributed by atoms with Gasteiger partial charge in [0.25, 0.3) is 0 Å². The zero-order chi connectivity index (χ0) is 23.3. The van der Waals surface area contributed by atoms with E-state index in [0.717, 1.165) is 22.1 Å². The normalized spacial score (nSPS) is 20.2. The maximum Gasteiger partial charge on any atom is 0.230 e. The Labute approximate surface area is 195 Å². The molecule has 4 heterocycles. The van der Waals surface area contributed by atoms with Crippen molar-refractivity contribution in [3.63, 3.8) is 0 Å². The molecule has 0 radical (unpaired) electrons. The summed E-state index contributed by atoms with van der Waals surface area (Å²) < 4.78 is 41.7. The van der Waals surface area contributed by atoms with Gasteiger partial charge in [-0.1, -0.05) is 30.3 Å². The van der Waals surface area contributed by atoms with E-state index in [4.69, 9.17) is 14.3 Å². The summed E-state index contributed by atoms with van der Waals surface area (Å²) in [7, 11) is -2.60. The largest absolute Gasteiger partial charge is 0.438 e. The number of halogens is 1. The summed E-state index contributed by atoms with van der Waals surface area (Å²) in [5.41, 5.74) is 4.13. The Balaban J connectivity index is 1.53. The number of fused-ring (bicyclic) bond motifs is 1. The molecule has 9 heteroatoms. The van der Waals surface area contributed by atoms with Gasteiger partial charge in [0, 0.05) is 38.4 Å². The van der Waals surface area contributed by atoms with Crippen LogP contribution in [0.5, 0.6) is 0 Å². The van der Waals surface area contributed by atoms with Crippen LogP contribution in [0.1, 0.15) is 12.5 Å². The molecule has 170 valence electrons. The molecular formula is C25H20FN5O2S. The molecule has 2 atom stereocenters. The van der Waals surface area contributed by atoms with Gasteiger partial charge in [-0.05, 0) is 36.8 Å². The van der Waals surface area contributed by atoms with Crippen LogP contribution < -0.4 is 0 Å². The van der Waals surface area contributed by atoms with Crippen LogP contribution >= 0.6 is 0 Å². The number of benzene rings is 2. The lowest BCUT2D eigenvalue weighted by atomic mass is 10.0. The van der Waals surface area contributed by atoms with Crippen molar-refractivity contribution >= 4 is 20.8 Å². The fourth-order valence-electron chi connectivity index (χ4n) is 4.40. The zero-order valence-corrected chi connectivity index (χ0v) is 18.8. The maximum atomic E-state index is 13.6. The molecule has 0 aliphatic carbocycles. The lowest BCUT2D eigenvalue weighted by molar-refractivity contribution is 0.502.